The van der Waals surface area contributed by atoms with Gasteiger partial charge in [-0.1, -0.05) is 38.4 Å². The molecule has 4 N–H and O–H groups in total. The summed E-state index contributed by atoms with van der Waals surface area (Å²) in [7, 11) is 0. The van der Waals surface area contributed by atoms with Crippen LogP contribution in [0.2, 0.25) is 5.02 Å². The number of fused-ring (bicyclic) bond motifs is 1. The van der Waals surface area contributed by atoms with Crippen molar-refractivity contribution in [2.24, 2.45) is 5.84 Å². The number of hydrazine groups is 1. The van der Waals surface area contributed by atoms with Gasteiger partial charge in [-0.15, -0.1) is 15.0 Å². The Hall–Kier alpha value is -2.64. The first kappa shape index (κ1) is 19.1. The highest BCUT2D eigenvalue weighted by Crippen LogP contribution is 2.34. The van der Waals surface area contributed by atoms with E-state index >= 15 is 0 Å². The van der Waals surface area contributed by atoms with Gasteiger partial charge in [0.1, 0.15) is 22.5 Å². The van der Waals surface area contributed by atoms with Gasteiger partial charge in [0.25, 0.3) is 0 Å². The summed E-state index contributed by atoms with van der Waals surface area (Å²) in [6.45, 7) is 6.23. The highest BCUT2D eigenvalue weighted by atomic mass is 35.5. The monoisotopic (exact) mass is 387 g/mol. The van der Waals surface area contributed by atoms with Crippen molar-refractivity contribution < 1.29 is 9.90 Å². The Bertz CT molecular complexity index is 1010. The van der Waals surface area contributed by atoms with Crippen LogP contribution < -0.4 is 11.3 Å². The number of aromatic hydroxyl groups is 1. The Morgan fingerprint density at radius 1 is 1.22 bits per heavy atom. The van der Waals surface area contributed by atoms with Crippen LogP contribution in [0.15, 0.2) is 30.3 Å². The number of aromatic nitrogens is 3. The van der Waals surface area contributed by atoms with Gasteiger partial charge in [0.2, 0.25) is 5.91 Å². The number of amides is 1. The maximum Gasteiger partial charge on any atom is 0.234 e. The zero-order valence-electron chi connectivity index (χ0n) is 15.5. The molecule has 0 saturated heterocycles. The zero-order chi connectivity index (χ0) is 19.8. The second-order valence-corrected chi connectivity index (χ2v) is 7.88. The number of hydrogen-bond acceptors (Lipinski definition) is 5. The predicted octanol–water partition coefficient (Wildman–Crippen LogP) is 3.00. The van der Waals surface area contributed by atoms with E-state index in [0.29, 0.717) is 33.7 Å². The van der Waals surface area contributed by atoms with Crippen LogP contribution in [0.4, 0.5) is 0 Å². The molecule has 7 nitrogen and oxygen atoms in total. The summed E-state index contributed by atoms with van der Waals surface area (Å²) in [5.41, 5.74) is 5.34. The molecule has 142 valence electrons. The maximum absolute atomic E-state index is 11.5. The minimum absolute atomic E-state index is 0.0409. The van der Waals surface area contributed by atoms with Gasteiger partial charge in [-0.2, -0.15) is 0 Å². The lowest BCUT2D eigenvalue weighted by Crippen LogP contribution is -2.30. The number of nitrogens with one attached hydrogen (secondary N) is 1. The normalized spacial score (nSPS) is 11.7. The van der Waals surface area contributed by atoms with Crippen LogP contribution in [0.3, 0.4) is 0 Å². The number of phenolic OH excluding ortho intramolecular Hbond substituents is 1. The van der Waals surface area contributed by atoms with Crippen molar-refractivity contribution in [3.8, 4) is 11.4 Å². The zero-order valence-corrected chi connectivity index (χ0v) is 16.2. The van der Waals surface area contributed by atoms with E-state index < -0.39 is 0 Å². The van der Waals surface area contributed by atoms with Crippen LogP contribution in [0.25, 0.3) is 16.7 Å². The molecule has 1 aromatic heterocycles. The fraction of sp³-hybridized carbons (Fsp3) is 0.316. The number of carbonyl (C=O) groups is 1. The van der Waals surface area contributed by atoms with E-state index in [1.807, 2.05) is 12.1 Å². The summed E-state index contributed by atoms with van der Waals surface area (Å²) in [5, 5.41) is 20.3. The highest BCUT2D eigenvalue weighted by Gasteiger charge is 2.21. The van der Waals surface area contributed by atoms with E-state index in [4.69, 9.17) is 17.4 Å². The van der Waals surface area contributed by atoms with Crippen LogP contribution in [-0.4, -0.2) is 26.0 Å². The van der Waals surface area contributed by atoms with Gasteiger partial charge >= 0.3 is 0 Å². The molecule has 1 heterocycles. The van der Waals surface area contributed by atoms with Crippen molar-refractivity contribution in [1.29, 1.82) is 0 Å². The Morgan fingerprint density at radius 2 is 1.93 bits per heavy atom. The van der Waals surface area contributed by atoms with E-state index in [9.17, 15) is 9.90 Å². The van der Waals surface area contributed by atoms with Gasteiger partial charge in [0.15, 0.2) is 0 Å². The fourth-order valence-corrected chi connectivity index (χ4v) is 2.94. The van der Waals surface area contributed by atoms with Crippen molar-refractivity contribution in [2.75, 3.05) is 0 Å². The molecule has 8 heteroatoms. The summed E-state index contributed by atoms with van der Waals surface area (Å²) in [6.07, 6.45) is 0.514. The quantitative estimate of drug-likeness (QED) is 0.362. The van der Waals surface area contributed by atoms with E-state index in [1.54, 1.807) is 18.2 Å². The number of hydrogen-bond donors (Lipinski definition) is 3. The second kappa shape index (κ2) is 7.17. The smallest absolute Gasteiger partial charge is 0.234 e. The van der Waals surface area contributed by atoms with Gasteiger partial charge in [-0.05, 0) is 47.2 Å². The van der Waals surface area contributed by atoms with Gasteiger partial charge in [-0.3, -0.25) is 10.2 Å². The first-order valence-electron chi connectivity index (χ1n) is 8.58. The molecule has 0 aliphatic carbocycles. The van der Waals surface area contributed by atoms with Gasteiger partial charge < -0.3 is 5.11 Å². The Kier molecular flexibility index (Phi) is 5.08. The van der Waals surface area contributed by atoms with Crippen molar-refractivity contribution in [3.05, 3.63) is 46.5 Å². The number of benzene rings is 2. The molecule has 1 amide bonds. The third kappa shape index (κ3) is 4.04. The molecule has 0 aliphatic heterocycles. The minimum atomic E-state index is -0.297. The largest absolute Gasteiger partial charge is 0.505 e. The van der Waals surface area contributed by atoms with Crippen molar-refractivity contribution in [3.63, 3.8) is 0 Å². The number of halogens is 1. The average Bonchev–Trinajstić information content (AvgIpc) is 3.02. The summed E-state index contributed by atoms with van der Waals surface area (Å²) in [6, 6.07) is 9.01. The number of aryl methyl sites for hydroxylation is 1. The molecule has 0 radical (unpaired) electrons. The third-order valence-electron chi connectivity index (χ3n) is 4.37. The molecule has 0 spiro atoms. The summed E-state index contributed by atoms with van der Waals surface area (Å²) in [4.78, 5) is 12.9. The number of rotatable bonds is 4. The van der Waals surface area contributed by atoms with Gasteiger partial charge in [0, 0.05) is 11.4 Å². The standard InChI is InChI=1S/C19H22ClN5O2/c1-19(2,3)12-8-11(4-7-17(26)22-21)18(27)16(9-12)25-23-14-6-5-13(20)10-15(14)24-25/h5-6,8-10,27H,4,7,21H2,1-3H3,(H,22,26). The molecule has 0 unspecified atom stereocenters. The Balaban J connectivity index is 2.13. The van der Waals surface area contributed by atoms with Crippen molar-refractivity contribution >= 4 is 28.5 Å². The van der Waals surface area contributed by atoms with Crippen LogP contribution in [0.1, 0.15) is 38.3 Å². The van der Waals surface area contributed by atoms with E-state index in [-0.39, 0.29) is 23.5 Å². The van der Waals surface area contributed by atoms with Crippen molar-refractivity contribution in [2.45, 2.75) is 39.0 Å². The predicted molar refractivity (Wildman–Crippen MR) is 105 cm³/mol. The summed E-state index contributed by atoms with van der Waals surface area (Å²) < 4.78 is 0. The maximum atomic E-state index is 11.5. The van der Waals surface area contributed by atoms with E-state index in [0.717, 1.165) is 5.56 Å². The first-order chi connectivity index (χ1) is 12.7. The highest BCUT2D eigenvalue weighted by molar-refractivity contribution is 6.31. The van der Waals surface area contributed by atoms with E-state index in [2.05, 4.69) is 36.4 Å². The number of carbonyl (C=O) groups excluding carboxylic acids is 1. The topological polar surface area (TPSA) is 106 Å². The molecule has 0 bridgehead atoms. The molecular weight excluding hydrogens is 366 g/mol. The molecule has 3 rings (SSSR count). The van der Waals surface area contributed by atoms with Crippen LogP contribution in [-0.2, 0) is 16.6 Å². The van der Waals surface area contributed by atoms with Crippen LogP contribution in [0.5, 0.6) is 5.75 Å². The van der Waals surface area contributed by atoms with Crippen molar-refractivity contribution in [1.82, 2.24) is 20.4 Å². The molecule has 0 aliphatic rings. The SMILES string of the molecule is CC(C)(C)c1cc(CCC(=O)NN)c(O)c(-n2nc3ccc(Cl)cc3n2)c1. The first-order valence-corrected chi connectivity index (χ1v) is 8.95. The third-order valence-corrected chi connectivity index (χ3v) is 4.61. The van der Waals surface area contributed by atoms with Gasteiger partial charge in [0.05, 0.1) is 0 Å². The molecule has 0 fully saturated rings. The number of nitrogens with two attached hydrogens (primary N) is 1. The second-order valence-electron chi connectivity index (χ2n) is 7.44. The summed E-state index contributed by atoms with van der Waals surface area (Å²) in [5.74, 6) is 4.90. The molecule has 0 saturated carbocycles. The Labute approximate surface area is 162 Å². The lowest BCUT2D eigenvalue weighted by atomic mass is 9.85. The number of nitrogens with zero attached hydrogens (tertiary/aromatic N) is 3. The Morgan fingerprint density at radius 3 is 2.59 bits per heavy atom. The van der Waals surface area contributed by atoms with Crippen LogP contribution >= 0.6 is 11.6 Å². The van der Waals surface area contributed by atoms with E-state index in [1.165, 1.54) is 4.80 Å². The molecule has 0 atom stereocenters. The summed E-state index contributed by atoms with van der Waals surface area (Å²) >= 11 is 6.03. The van der Waals surface area contributed by atoms with Gasteiger partial charge in [-0.25, -0.2) is 5.84 Å². The van der Waals surface area contributed by atoms with Crippen LogP contribution in [0, 0.1) is 0 Å². The lowest BCUT2D eigenvalue weighted by molar-refractivity contribution is -0.121. The molecule has 2 aromatic carbocycles. The molecular formula is C19H22ClN5O2. The molecule has 27 heavy (non-hydrogen) atoms. The fourth-order valence-electron chi connectivity index (χ4n) is 2.77. The average molecular weight is 388 g/mol. The lowest BCUT2D eigenvalue weighted by Gasteiger charge is -2.22. The molecule has 3 aromatic rings. The number of phenols is 1. The minimum Gasteiger partial charge on any atom is -0.505 e.